The van der Waals surface area contributed by atoms with Crippen LogP contribution in [0.15, 0.2) is 30.3 Å². The molecular weight excluding hydrogens is 286 g/mol. The number of aliphatic hydroxyl groups is 2. The van der Waals surface area contributed by atoms with Crippen molar-refractivity contribution in [3.05, 3.63) is 30.3 Å². The van der Waals surface area contributed by atoms with Crippen LogP contribution < -0.4 is 15.5 Å². The maximum atomic E-state index is 12.0. The first-order valence-corrected chi connectivity index (χ1v) is 7.13. The van der Waals surface area contributed by atoms with Crippen LogP contribution in [-0.2, 0) is 4.79 Å². The van der Waals surface area contributed by atoms with Gasteiger partial charge in [0, 0.05) is 18.7 Å². The van der Waals surface area contributed by atoms with Crippen molar-refractivity contribution in [2.75, 3.05) is 24.7 Å². The van der Waals surface area contributed by atoms with Crippen molar-refractivity contribution in [2.45, 2.75) is 24.9 Å². The van der Waals surface area contributed by atoms with Gasteiger partial charge in [-0.15, -0.1) is 0 Å². The van der Waals surface area contributed by atoms with Gasteiger partial charge in [0.25, 0.3) is 0 Å². The smallest absolute Gasteiger partial charge is 0.315 e. The van der Waals surface area contributed by atoms with Crippen LogP contribution in [0.3, 0.4) is 0 Å². The molecular formula is C15H21N3O4. The lowest BCUT2D eigenvalue weighted by molar-refractivity contribution is -0.117. The number of hydrogen-bond donors (Lipinski definition) is 4. The number of rotatable bonds is 5. The second-order valence-electron chi connectivity index (χ2n) is 5.72. The van der Waals surface area contributed by atoms with Gasteiger partial charge >= 0.3 is 6.03 Å². The van der Waals surface area contributed by atoms with E-state index in [9.17, 15) is 9.59 Å². The van der Waals surface area contributed by atoms with Crippen LogP contribution >= 0.6 is 0 Å². The number of carbonyl (C=O) groups is 2. The third-order valence-electron chi connectivity index (χ3n) is 3.64. The van der Waals surface area contributed by atoms with Gasteiger partial charge < -0.3 is 25.7 Å². The minimum absolute atomic E-state index is 0.0522. The zero-order valence-corrected chi connectivity index (χ0v) is 12.5. The van der Waals surface area contributed by atoms with Crippen LogP contribution in [0.2, 0.25) is 0 Å². The van der Waals surface area contributed by atoms with Gasteiger partial charge in [-0.1, -0.05) is 18.2 Å². The Balaban J connectivity index is 1.93. The van der Waals surface area contributed by atoms with Crippen molar-refractivity contribution in [2.24, 2.45) is 0 Å². The van der Waals surface area contributed by atoms with E-state index in [2.05, 4.69) is 10.6 Å². The van der Waals surface area contributed by atoms with E-state index in [1.165, 1.54) is 6.92 Å². The van der Waals surface area contributed by atoms with Gasteiger partial charge in [0.1, 0.15) is 0 Å². The molecule has 120 valence electrons. The van der Waals surface area contributed by atoms with Crippen LogP contribution in [-0.4, -0.2) is 53.5 Å². The molecule has 0 spiro atoms. The molecule has 0 bridgehead atoms. The average molecular weight is 307 g/mol. The van der Waals surface area contributed by atoms with E-state index in [-0.39, 0.29) is 31.6 Å². The van der Waals surface area contributed by atoms with E-state index >= 15 is 0 Å². The fourth-order valence-electron chi connectivity index (χ4n) is 2.29. The van der Waals surface area contributed by atoms with Crippen molar-refractivity contribution >= 4 is 17.6 Å². The van der Waals surface area contributed by atoms with Gasteiger partial charge in [-0.05, 0) is 19.1 Å². The number of hydrogen-bond acceptors (Lipinski definition) is 4. The second-order valence-corrected chi connectivity index (χ2v) is 5.72. The number of carbonyl (C=O) groups excluding carboxylic acids is 2. The molecule has 1 aliphatic heterocycles. The zero-order valence-electron chi connectivity index (χ0n) is 12.5. The number of amides is 3. The van der Waals surface area contributed by atoms with Crippen molar-refractivity contribution in [3.63, 3.8) is 0 Å². The molecule has 1 unspecified atom stereocenters. The Morgan fingerprint density at radius 1 is 1.32 bits per heavy atom. The molecule has 1 atom stereocenters. The van der Waals surface area contributed by atoms with Crippen LogP contribution in [0.1, 0.15) is 13.3 Å². The topological polar surface area (TPSA) is 102 Å². The summed E-state index contributed by atoms with van der Waals surface area (Å²) in [5.74, 6) is -0.0522. The number of nitrogens with one attached hydrogen (secondary N) is 2. The molecule has 4 N–H and O–H groups in total. The van der Waals surface area contributed by atoms with Crippen LogP contribution in [0, 0.1) is 0 Å². The number of nitrogens with zero attached hydrogens (tertiary/aromatic N) is 1. The molecule has 2 rings (SSSR count). The molecule has 0 radical (unpaired) electrons. The van der Waals surface area contributed by atoms with Gasteiger partial charge in [-0.2, -0.15) is 0 Å². The van der Waals surface area contributed by atoms with Crippen molar-refractivity contribution in [3.8, 4) is 0 Å². The minimum Gasteiger partial charge on any atom is -0.394 e. The van der Waals surface area contributed by atoms with Gasteiger partial charge in [0.2, 0.25) is 5.91 Å². The first-order chi connectivity index (χ1) is 10.5. The highest BCUT2D eigenvalue weighted by Gasteiger charge is 2.33. The minimum atomic E-state index is -1.09. The summed E-state index contributed by atoms with van der Waals surface area (Å²) in [6.07, 6.45) is 0.220. The number of anilines is 1. The Bertz CT molecular complexity index is 531. The summed E-state index contributed by atoms with van der Waals surface area (Å²) in [5.41, 5.74) is -0.293. The molecule has 22 heavy (non-hydrogen) atoms. The Morgan fingerprint density at radius 2 is 1.95 bits per heavy atom. The first kappa shape index (κ1) is 16.3. The molecule has 1 heterocycles. The van der Waals surface area contributed by atoms with Gasteiger partial charge in [-0.25, -0.2) is 4.79 Å². The second kappa shape index (κ2) is 6.76. The summed E-state index contributed by atoms with van der Waals surface area (Å²) in [6, 6.07) is 8.43. The Hall–Kier alpha value is -2.12. The maximum absolute atomic E-state index is 12.0. The van der Waals surface area contributed by atoms with E-state index < -0.39 is 11.6 Å². The highest BCUT2D eigenvalue weighted by Crippen LogP contribution is 2.20. The molecule has 7 heteroatoms. The third kappa shape index (κ3) is 3.75. The normalized spacial score (nSPS) is 18.4. The molecule has 1 aromatic carbocycles. The Morgan fingerprint density at radius 3 is 2.55 bits per heavy atom. The lowest BCUT2D eigenvalue weighted by Crippen LogP contribution is -2.56. The summed E-state index contributed by atoms with van der Waals surface area (Å²) >= 11 is 0. The molecule has 7 nitrogen and oxygen atoms in total. The summed E-state index contributed by atoms with van der Waals surface area (Å²) < 4.78 is 0. The number of urea groups is 1. The number of para-hydroxylation sites is 1. The molecule has 3 amide bonds. The fourth-order valence-corrected chi connectivity index (χ4v) is 2.29. The standard InChI is InChI=1S/C15H21N3O4/c1-15(9-19,10-20)17-14(22)16-11-7-13(21)18(8-11)12-5-3-2-4-6-12/h2-6,11,19-20H,7-10H2,1H3,(H2,16,17,22). The lowest BCUT2D eigenvalue weighted by Gasteiger charge is -2.27. The summed E-state index contributed by atoms with van der Waals surface area (Å²) in [7, 11) is 0. The molecule has 0 aromatic heterocycles. The van der Waals surface area contributed by atoms with E-state index in [0.717, 1.165) is 5.69 Å². The molecule has 0 saturated carbocycles. The fraction of sp³-hybridized carbons (Fsp3) is 0.467. The van der Waals surface area contributed by atoms with E-state index in [1.807, 2.05) is 30.3 Å². The van der Waals surface area contributed by atoms with E-state index in [4.69, 9.17) is 10.2 Å². The van der Waals surface area contributed by atoms with Crippen molar-refractivity contribution in [1.82, 2.24) is 10.6 Å². The molecule has 0 aliphatic carbocycles. The number of benzene rings is 1. The van der Waals surface area contributed by atoms with Gasteiger partial charge in [0.05, 0.1) is 24.8 Å². The van der Waals surface area contributed by atoms with Crippen molar-refractivity contribution < 1.29 is 19.8 Å². The first-order valence-electron chi connectivity index (χ1n) is 7.13. The zero-order chi connectivity index (χ0) is 16.2. The van der Waals surface area contributed by atoms with Crippen LogP contribution in [0.4, 0.5) is 10.5 Å². The van der Waals surface area contributed by atoms with Gasteiger partial charge in [-0.3, -0.25) is 4.79 Å². The monoisotopic (exact) mass is 307 g/mol. The van der Waals surface area contributed by atoms with Crippen molar-refractivity contribution in [1.29, 1.82) is 0 Å². The average Bonchev–Trinajstić information content (AvgIpc) is 2.88. The van der Waals surface area contributed by atoms with Crippen LogP contribution in [0.5, 0.6) is 0 Å². The molecule has 1 aromatic rings. The highest BCUT2D eigenvalue weighted by atomic mass is 16.3. The van der Waals surface area contributed by atoms with E-state index in [0.29, 0.717) is 6.54 Å². The predicted octanol–water partition coefficient (Wildman–Crippen LogP) is -0.166. The maximum Gasteiger partial charge on any atom is 0.315 e. The lowest BCUT2D eigenvalue weighted by atomic mass is 10.1. The number of aliphatic hydroxyl groups excluding tert-OH is 2. The Kier molecular flexibility index (Phi) is 4.99. The Labute approximate surface area is 128 Å². The summed E-state index contributed by atoms with van der Waals surface area (Å²) in [6.45, 7) is 1.17. The molecule has 1 aliphatic rings. The SMILES string of the molecule is CC(CO)(CO)NC(=O)NC1CC(=O)N(c2ccccc2)C1. The summed E-state index contributed by atoms with van der Waals surface area (Å²) in [4.78, 5) is 25.6. The highest BCUT2D eigenvalue weighted by molar-refractivity contribution is 5.96. The third-order valence-corrected chi connectivity index (χ3v) is 3.64. The largest absolute Gasteiger partial charge is 0.394 e. The van der Waals surface area contributed by atoms with E-state index in [1.54, 1.807) is 4.90 Å². The summed E-state index contributed by atoms with van der Waals surface area (Å²) in [5, 5.41) is 23.5. The predicted molar refractivity (Wildman–Crippen MR) is 81.4 cm³/mol. The van der Waals surface area contributed by atoms with Gasteiger partial charge in [0.15, 0.2) is 0 Å². The molecule has 1 fully saturated rings. The quantitative estimate of drug-likeness (QED) is 0.607. The van der Waals surface area contributed by atoms with Crippen LogP contribution in [0.25, 0.3) is 0 Å². The molecule has 1 saturated heterocycles.